The normalized spacial score (nSPS) is 36.2. The topological polar surface area (TPSA) is 70.2 Å². The molecule has 3 heterocycles. The quantitative estimate of drug-likeness (QED) is 0.698. The van der Waals surface area contributed by atoms with Gasteiger partial charge in [0.15, 0.2) is 23.0 Å². The fourth-order valence-electron chi connectivity index (χ4n) is 4.80. The minimum Gasteiger partial charge on any atom is -0.354 e. The number of nitrogens with one attached hydrogen (secondary N) is 2. The highest BCUT2D eigenvalue weighted by Gasteiger charge is 2.59. The monoisotopic (exact) mass is 438 g/mol. The van der Waals surface area contributed by atoms with E-state index >= 15 is 0 Å². The molecule has 30 heavy (non-hydrogen) atoms. The summed E-state index contributed by atoms with van der Waals surface area (Å²) in [6.07, 6.45) is 2.43. The minimum absolute atomic E-state index is 0.266. The molecule has 1 aromatic rings. The average molecular weight is 439 g/mol. The van der Waals surface area contributed by atoms with E-state index in [1.165, 1.54) is 6.07 Å². The summed E-state index contributed by atoms with van der Waals surface area (Å²) in [6.45, 7) is 4.14. The number of ether oxygens (including phenoxy) is 5. The Labute approximate surface area is 180 Å². The molecule has 7 nitrogen and oxygen atoms in total. The lowest BCUT2D eigenvalue weighted by atomic mass is 10.0. The Kier molecular flexibility index (Phi) is 5.24. The van der Waals surface area contributed by atoms with Crippen LogP contribution in [0, 0.1) is 5.82 Å². The highest BCUT2D eigenvalue weighted by molar-refractivity contribution is 7.80. The molecule has 0 radical (unpaired) electrons. The van der Waals surface area contributed by atoms with E-state index < -0.39 is 17.9 Å². The van der Waals surface area contributed by atoms with Crippen molar-refractivity contribution < 1.29 is 28.1 Å². The van der Waals surface area contributed by atoms with Gasteiger partial charge in [0, 0.05) is 12.8 Å². The molecule has 4 aliphatic rings. The molecule has 3 saturated heterocycles. The zero-order valence-electron chi connectivity index (χ0n) is 17.1. The molecule has 5 atom stereocenters. The number of hydrogen-bond acceptors (Lipinski definition) is 6. The van der Waals surface area contributed by atoms with E-state index in [-0.39, 0.29) is 35.3 Å². The molecule has 5 rings (SSSR count). The van der Waals surface area contributed by atoms with Crippen molar-refractivity contribution in [1.82, 2.24) is 5.32 Å². The van der Waals surface area contributed by atoms with E-state index in [0.29, 0.717) is 12.3 Å². The zero-order valence-corrected chi connectivity index (χ0v) is 17.9. The van der Waals surface area contributed by atoms with Crippen LogP contribution in [0.15, 0.2) is 24.3 Å². The van der Waals surface area contributed by atoms with Crippen molar-refractivity contribution in [3.05, 3.63) is 30.1 Å². The van der Waals surface area contributed by atoms with Crippen LogP contribution in [-0.4, -0.2) is 53.9 Å². The summed E-state index contributed by atoms with van der Waals surface area (Å²) in [5, 5.41) is 6.46. The van der Waals surface area contributed by atoms with E-state index in [9.17, 15) is 4.39 Å². The smallest absolute Gasteiger partial charge is 0.189 e. The third kappa shape index (κ3) is 3.83. The van der Waals surface area contributed by atoms with Crippen LogP contribution in [-0.2, 0) is 23.7 Å². The number of fused-ring (bicyclic) bond motifs is 1. The molecule has 9 heteroatoms. The fourth-order valence-corrected chi connectivity index (χ4v) is 5.05. The first-order valence-corrected chi connectivity index (χ1v) is 10.9. The van der Waals surface area contributed by atoms with Gasteiger partial charge in [-0.15, -0.1) is 0 Å². The number of thiocarbonyl (C=S) groups is 1. The summed E-state index contributed by atoms with van der Waals surface area (Å²) in [5.41, 5.74) is 0.302. The van der Waals surface area contributed by atoms with E-state index in [1.807, 2.05) is 13.8 Å². The van der Waals surface area contributed by atoms with Gasteiger partial charge in [-0.3, -0.25) is 0 Å². The van der Waals surface area contributed by atoms with Crippen LogP contribution in [0.5, 0.6) is 0 Å². The second-order valence-corrected chi connectivity index (χ2v) is 9.17. The largest absolute Gasteiger partial charge is 0.354 e. The molecule has 1 aliphatic carbocycles. The molecule has 1 aromatic carbocycles. The molecule has 1 spiro atoms. The molecule has 0 unspecified atom stereocenters. The first-order chi connectivity index (χ1) is 14.3. The summed E-state index contributed by atoms with van der Waals surface area (Å²) in [4.78, 5) is 0. The van der Waals surface area contributed by atoms with Gasteiger partial charge in [-0.2, -0.15) is 0 Å². The number of anilines is 1. The predicted molar refractivity (Wildman–Crippen MR) is 110 cm³/mol. The Hall–Kier alpha value is -1.36. The second kappa shape index (κ2) is 7.65. The highest BCUT2D eigenvalue weighted by Crippen LogP contribution is 2.44. The van der Waals surface area contributed by atoms with Gasteiger partial charge < -0.3 is 34.3 Å². The summed E-state index contributed by atoms with van der Waals surface area (Å²) in [6, 6.07) is 6.04. The Morgan fingerprint density at radius 3 is 2.63 bits per heavy atom. The van der Waals surface area contributed by atoms with Gasteiger partial charge in [-0.25, -0.2) is 4.39 Å². The average Bonchev–Trinajstić information content (AvgIpc) is 3.44. The summed E-state index contributed by atoms with van der Waals surface area (Å²) >= 11 is 5.46. The van der Waals surface area contributed by atoms with Crippen LogP contribution >= 0.6 is 12.2 Å². The van der Waals surface area contributed by atoms with Gasteiger partial charge in [-0.1, -0.05) is 12.1 Å². The molecule has 0 amide bonds. The highest BCUT2D eigenvalue weighted by atomic mass is 32.1. The van der Waals surface area contributed by atoms with Gasteiger partial charge in [0.05, 0.1) is 18.3 Å². The van der Waals surface area contributed by atoms with Gasteiger partial charge in [0.1, 0.15) is 24.1 Å². The van der Waals surface area contributed by atoms with E-state index in [2.05, 4.69) is 10.6 Å². The SMILES string of the molecule is CC1(C)O[C@H]2O[C@H]([C@H]3COC4(CCCC4)O3)[C@@H](NC(=S)Nc3ccccc3F)[C@H]2O1. The standard InChI is InChI=1S/C21H27FN2O5S/c1-20(2)28-17-15(24-19(30)23-13-8-4-3-7-12(13)22)16(26-18(17)29-20)14-11-25-21(27-14)9-5-6-10-21/h3-4,7-8,14-18H,5-6,9-11H2,1-2H3,(H2,23,24,30)/t14-,15-,16-,17-,18-/m1/s1. The summed E-state index contributed by atoms with van der Waals surface area (Å²) < 4.78 is 44.6. The zero-order chi connectivity index (χ0) is 20.9. The van der Waals surface area contributed by atoms with Crippen LogP contribution < -0.4 is 10.6 Å². The van der Waals surface area contributed by atoms with Crippen molar-refractivity contribution in [1.29, 1.82) is 0 Å². The third-order valence-corrected chi connectivity index (χ3v) is 6.34. The molecule has 2 N–H and O–H groups in total. The van der Waals surface area contributed by atoms with E-state index in [4.69, 9.17) is 35.9 Å². The summed E-state index contributed by atoms with van der Waals surface area (Å²) in [5.74, 6) is -1.64. The third-order valence-electron chi connectivity index (χ3n) is 6.12. The van der Waals surface area contributed by atoms with Crippen molar-refractivity contribution in [2.45, 2.75) is 81.7 Å². The van der Waals surface area contributed by atoms with Crippen LogP contribution in [0.4, 0.5) is 10.1 Å². The van der Waals surface area contributed by atoms with Crippen LogP contribution in [0.25, 0.3) is 0 Å². The van der Waals surface area contributed by atoms with Crippen molar-refractivity contribution in [2.75, 3.05) is 11.9 Å². The van der Waals surface area contributed by atoms with Gasteiger partial charge >= 0.3 is 0 Å². The first-order valence-electron chi connectivity index (χ1n) is 10.5. The Morgan fingerprint density at radius 2 is 1.87 bits per heavy atom. The lowest BCUT2D eigenvalue weighted by molar-refractivity contribution is -0.226. The fraction of sp³-hybridized carbons (Fsp3) is 0.667. The van der Waals surface area contributed by atoms with Gasteiger partial charge in [-0.05, 0) is 51.0 Å². The van der Waals surface area contributed by atoms with Gasteiger partial charge in [0.2, 0.25) is 0 Å². The predicted octanol–water partition coefficient (Wildman–Crippen LogP) is 3.04. The number of rotatable bonds is 3. The Morgan fingerprint density at radius 1 is 1.10 bits per heavy atom. The summed E-state index contributed by atoms with van der Waals surface area (Å²) in [7, 11) is 0. The maximum atomic E-state index is 14.0. The molecule has 0 aromatic heterocycles. The van der Waals surface area contributed by atoms with Crippen molar-refractivity contribution in [3.63, 3.8) is 0 Å². The molecule has 0 bridgehead atoms. The maximum Gasteiger partial charge on any atom is 0.189 e. The van der Waals surface area contributed by atoms with E-state index in [1.54, 1.807) is 18.2 Å². The molecular weight excluding hydrogens is 411 g/mol. The molecule has 3 aliphatic heterocycles. The van der Waals surface area contributed by atoms with Crippen molar-refractivity contribution >= 4 is 23.0 Å². The maximum absolute atomic E-state index is 14.0. The second-order valence-electron chi connectivity index (χ2n) is 8.76. The number of para-hydroxylation sites is 1. The molecular formula is C21H27FN2O5S. The first kappa shape index (κ1) is 20.5. The van der Waals surface area contributed by atoms with Crippen LogP contribution in [0.3, 0.4) is 0 Å². The van der Waals surface area contributed by atoms with Crippen molar-refractivity contribution in [2.24, 2.45) is 0 Å². The Bertz CT molecular complexity index is 818. The minimum atomic E-state index is -0.763. The Balaban J connectivity index is 1.32. The van der Waals surface area contributed by atoms with Crippen molar-refractivity contribution in [3.8, 4) is 0 Å². The number of halogens is 1. The van der Waals surface area contributed by atoms with E-state index in [0.717, 1.165) is 25.7 Å². The molecule has 164 valence electrons. The van der Waals surface area contributed by atoms with Crippen LogP contribution in [0.1, 0.15) is 39.5 Å². The van der Waals surface area contributed by atoms with Gasteiger partial charge in [0.25, 0.3) is 0 Å². The lowest BCUT2D eigenvalue weighted by Crippen LogP contribution is -2.53. The molecule has 1 saturated carbocycles. The number of benzene rings is 1. The molecule has 4 fully saturated rings. The number of hydrogen-bond donors (Lipinski definition) is 2. The van der Waals surface area contributed by atoms with Crippen LogP contribution in [0.2, 0.25) is 0 Å². The lowest BCUT2D eigenvalue weighted by Gasteiger charge is -2.30.